The lowest BCUT2D eigenvalue weighted by Gasteiger charge is -2.05. The molecule has 0 bridgehead atoms. The molecule has 0 N–H and O–H groups in total. The van der Waals surface area contributed by atoms with Crippen molar-refractivity contribution in [1.82, 2.24) is 0 Å². The van der Waals surface area contributed by atoms with Crippen LogP contribution in [-0.2, 0) is 9.53 Å². The van der Waals surface area contributed by atoms with Gasteiger partial charge in [-0.1, -0.05) is 18.3 Å². The molecule has 1 rings (SSSR count). The number of ether oxygens (including phenoxy) is 1. The molecule has 0 amide bonds. The van der Waals surface area contributed by atoms with Crippen molar-refractivity contribution in [2.24, 2.45) is 0 Å². The Labute approximate surface area is 98.5 Å². The third-order valence-electron chi connectivity index (χ3n) is 1.85. The maximum atomic E-state index is 11.4. The standard InChI is InChI=1S/C12H12O3S/c1-4-15-12(14)10-5-6-11(8(2)7-10)16-9(3)13/h4-7H,1H2,2-3H3. The summed E-state index contributed by atoms with van der Waals surface area (Å²) in [6, 6.07) is 5.06. The van der Waals surface area contributed by atoms with Crippen LogP contribution in [0.2, 0.25) is 0 Å². The third-order valence-corrected chi connectivity index (χ3v) is 2.82. The third kappa shape index (κ3) is 3.24. The summed E-state index contributed by atoms with van der Waals surface area (Å²) in [5.74, 6) is -0.447. The summed E-state index contributed by atoms with van der Waals surface area (Å²) < 4.78 is 4.66. The Morgan fingerprint density at radius 1 is 1.44 bits per heavy atom. The maximum absolute atomic E-state index is 11.4. The predicted molar refractivity (Wildman–Crippen MR) is 63.3 cm³/mol. The number of hydrogen-bond donors (Lipinski definition) is 0. The van der Waals surface area contributed by atoms with Crippen molar-refractivity contribution in [3.05, 3.63) is 42.2 Å². The highest BCUT2D eigenvalue weighted by Gasteiger charge is 2.09. The molecule has 3 nitrogen and oxygen atoms in total. The number of aryl methyl sites for hydroxylation is 1. The van der Waals surface area contributed by atoms with Gasteiger partial charge in [-0.2, -0.15) is 0 Å². The monoisotopic (exact) mass is 236 g/mol. The van der Waals surface area contributed by atoms with E-state index in [1.165, 1.54) is 6.92 Å². The Morgan fingerprint density at radius 2 is 2.12 bits per heavy atom. The molecule has 1 aromatic carbocycles. The number of carbonyl (C=O) groups is 2. The van der Waals surface area contributed by atoms with Crippen LogP contribution in [0.3, 0.4) is 0 Å². The minimum absolute atomic E-state index is 0.0181. The Morgan fingerprint density at radius 3 is 2.62 bits per heavy atom. The van der Waals surface area contributed by atoms with Crippen molar-refractivity contribution < 1.29 is 14.3 Å². The number of rotatable bonds is 3. The Balaban J connectivity index is 2.94. The van der Waals surface area contributed by atoms with Crippen LogP contribution in [0.15, 0.2) is 35.9 Å². The molecule has 0 atom stereocenters. The molecule has 0 saturated heterocycles. The first-order valence-electron chi connectivity index (χ1n) is 4.65. The zero-order valence-corrected chi connectivity index (χ0v) is 9.97. The van der Waals surface area contributed by atoms with Crippen LogP contribution < -0.4 is 0 Å². The summed E-state index contributed by atoms with van der Waals surface area (Å²) >= 11 is 1.15. The Kier molecular flexibility index (Phi) is 4.31. The van der Waals surface area contributed by atoms with Crippen molar-refractivity contribution in [3.8, 4) is 0 Å². The van der Waals surface area contributed by atoms with Gasteiger partial charge in [0, 0.05) is 11.8 Å². The molecule has 0 radical (unpaired) electrons. The first-order chi connectivity index (χ1) is 7.54. The van der Waals surface area contributed by atoms with Gasteiger partial charge < -0.3 is 4.74 Å². The van der Waals surface area contributed by atoms with Crippen LogP contribution in [-0.4, -0.2) is 11.1 Å². The summed E-state index contributed by atoms with van der Waals surface area (Å²) in [7, 11) is 0. The van der Waals surface area contributed by atoms with Crippen molar-refractivity contribution in [2.45, 2.75) is 18.7 Å². The minimum Gasteiger partial charge on any atom is -0.432 e. The molecule has 1 aromatic rings. The summed E-state index contributed by atoms with van der Waals surface area (Å²) in [5.41, 5.74) is 1.32. The van der Waals surface area contributed by atoms with Gasteiger partial charge in [0.05, 0.1) is 11.8 Å². The second kappa shape index (κ2) is 5.51. The molecule has 0 unspecified atom stereocenters. The topological polar surface area (TPSA) is 43.4 Å². The summed E-state index contributed by atoms with van der Waals surface area (Å²) in [6.07, 6.45) is 1.09. The van der Waals surface area contributed by atoms with E-state index in [0.29, 0.717) is 5.56 Å². The van der Waals surface area contributed by atoms with Gasteiger partial charge in [-0.3, -0.25) is 4.79 Å². The van der Waals surface area contributed by atoms with E-state index in [-0.39, 0.29) is 5.12 Å². The predicted octanol–water partition coefficient (Wildman–Crippen LogP) is 2.93. The van der Waals surface area contributed by atoms with E-state index in [0.717, 1.165) is 28.5 Å². The van der Waals surface area contributed by atoms with E-state index in [1.807, 2.05) is 6.92 Å². The van der Waals surface area contributed by atoms with E-state index in [1.54, 1.807) is 18.2 Å². The smallest absolute Gasteiger partial charge is 0.342 e. The van der Waals surface area contributed by atoms with E-state index in [4.69, 9.17) is 0 Å². The fraction of sp³-hybridized carbons (Fsp3) is 0.167. The average molecular weight is 236 g/mol. The van der Waals surface area contributed by atoms with Crippen molar-refractivity contribution in [2.75, 3.05) is 0 Å². The van der Waals surface area contributed by atoms with E-state index in [2.05, 4.69) is 11.3 Å². The first-order valence-corrected chi connectivity index (χ1v) is 5.47. The molecule has 16 heavy (non-hydrogen) atoms. The fourth-order valence-corrected chi connectivity index (χ4v) is 1.86. The highest BCUT2D eigenvalue weighted by molar-refractivity contribution is 8.13. The number of hydrogen-bond acceptors (Lipinski definition) is 4. The van der Waals surface area contributed by atoms with Crippen LogP contribution >= 0.6 is 11.8 Å². The molecule has 0 fully saturated rings. The van der Waals surface area contributed by atoms with Gasteiger partial charge in [-0.05, 0) is 30.7 Å². The molecule has 0 heterocycles. The summed E-state index contributed by atoms with van der Waals surface area (Å²) in [6.45, 7) is 6.66. The number of carbonyl (C=O) groups excluding carboxylic acids is 2. The van der Waals surface area contributed by atoms with Gasteiger partial charge in [0.2, 0.25) is 0 Å². The molecular weight excluding hydrogens is 224 g/mol. The summed E-state index contributed by atoms with van der Waals surface area (Å²) in [4.78, 5) is 23.2. The van der Waals surface area contributed by atoms with Gasteiger partial charge in [0.15, 0.2) is 5.12 Å². The molecule has 4 heteroatoms. The Hall–Kier alpha value is -1.55. The highest BCUT2D eigenvalue weighted by Crippen LogP contribution is 2.24. The SMILES string of the molecule is C=COC(=O)c1ccc(SC(C)=O)c(C)c1. The molecule has 0 aliphatic carbocycles. The normalized spacial score (nSPS) is 9.62. The highest BCUT2D eigenvalue weighted by atomic mass is 32.2. The molecule has 0 spiro atoms. The van der Waals surface area contributed by atoms with E-state index in [9.17, 15) is 9.59 Å². The Bertz CT molecular complexity index is 438. The lowest BCUT2D eigenvalue weighted by molar-refractivity contribution is -0.109. The van der Waals surface area contributed by atoms with E-state index < -0.39 is 5.97 Å². The van der Waals surface area contributed by atoms with Crippen molar-refractivity contribution in [1.29, 1.82) is 0 Å². The molecule has 0 aliphatic rings. The first kappa shape index (κ1) is 12.5. The quantitative estimate of drug-likeness (QED) is 0.460. The molecular formula is C12H12O3S. The van der Waals surface area contributed by atoms with E-state index >= 15 is 0 Å². The lowest BCUT2D eigenvalue weighted by atomic mass is 10.1. The van der Waals surface area contributed by atoms with Gasteiger partial charge in [0.1, 0.15) is 0 Å². The van der Waals surface area contributed by atoms with Crippen LogP contribution in [0.4, 0.5) is 0 Å². The zero-order valence-electron chi connectivity index (χ0n) is 9.15. The second-order valence-corrected chi connectivity index (χ2v) is 4.36. The molecule has 84 valence electrons. The second-order valence-electron chi connectivity index (χ2n) is 3.15. The van der Waals surface area contributed by atoms with Crippen LogP contribution in [0.25, 0.3) is 0 Å². The zero-order chi connectivity index (χ0) is 12.1. The number of esters is 1. The van der Waals surface area contributed by atoms with Crippen LogP contribution in [0, 0.1) is 6.92 Å². The molecule has 0 aromatic heterocycles. The van der Waals surface area contributed by atoms with Gasteiger partial charge >= 0.3 is 5.97 Å². The lowest BCUT2D eigenvalue weighted by Crippen LogP contribution is -2.01. The largest absolute Gasteiger partial charge is 0.432 e. The van der Waals surface area contributed by atoms with Crippen molar-refractivity contribution >= 4 is 22.8 Å². The minimum atomic E-state index is -0.447. The number of benzene rings is 1. The van der Waals surface area contributed by atoms with Crippen LogP contribution in [0.5, 0.6) is 0 Å². The number of thioether (sulfide) groups is 1. The van der Waals surface area contributed by atoms with Crippen molar-refractivity contribution in [3.63, 3.8) is 0 Å². The maximum Gasteiger partial charge on any atom is 0.342 e. The molecule has 0 saturated carbocycles. The average Bonchev–Trinajstić information content (AvgIpc) is 2.20. The molecule has 0 aliphatic heterocycles. The van der Waals surface area contributed by atoms with Gasteiger partial charge in [-0.15, -0.1) is 0 Å². The fourth-order valence-electron chi connectivity index (χ4n) is 1.19. The summed E-state index contributed by atoms with van der Waals surface area (Å²) in [5, 5.41) is 0.0181. The van der Waals surface area contributed by atoms with Gasteiger partial charge in [0.25, 0.3) is 0 Å². The van der Waals surface area contributed by atoms with Gasteiger partial charge in [-0.25, -0.2) is 4.79 Å². The van der Waals surface area contributed by atoms with Crippen LogP contribution in [0.1, 0.15) is 22.8 Å².